The fourth-order valence-electron chi connectivity index (χ4n) is 4.80. The molecule has 0 radical (unpaired) electrons. The molecule has 1 aliphatic rings. The van der Waals surface area contributed by atoms with Crippen LogP contribution in [-0.2, 0) is 12.8 Å². The molecule has 4 aromatic rings. The van der Waals surface area contributed by atoms with Crippen molar-refractivity contribution in [2.45, 2.75) is 40.5 Å². The van der Waals surface area contributed by atoms with E-state index in [0.717, 1.165) is 57.2 Å². The Bertz CT molecular complexity index is 1590. The van der Waals surface area contributed by atoms with Crippen LogP contribution >= 0.6 is 23.2 Å². The van der Waals surface area contributed by atoms with Crippen LogP contribution in [0.4, 0.5) is 5.69 Å². The SMILES string of the molecule is CCc1nc2c(C)c(C)c(C)nc2n1-c1ccc2c(c1)CCN2C(=O)c1cc(Cl)c(Cl)cc1C(=O)O. The molecule has 184 valence electrons. The van der Waals surface area contributed by atoms with Gasteiger partial charge in [-0.2, -0.15) is 0 Å². The van der Waals surface area contributed by atoms with E-state index < -0.39 is 11.9 Å². The molecule has 0 aliphatic carbocycles. The fourth-order valence-corrected chi connectivity index (χ4v) is 5.12. The third-order valence-corrected chi connectivity index (χ3v) is 7.68. The average molecular weight is 523 g/mol. The van der Waals surface area contributed by atoms with Crippen LogP contribution in [0.1, 0.15) is 55.8 Å². The lowest BCUT2D eigenvalue weighted by Gasteiger charge is -2.19. The molecule has 36 heavy (non-hydrogen) atoms. The largest absolute Gasteiger partial charge is 0.478 e. The van der Waals surface area contributed by atoms with Crippen LogP contribution in [0.3, 0.4) is 0 Å². The van der Waals surface area contributed by atoms with E-state index in [4.69, 9.17) is 33.2 Å². The molecule has 0 unspecified atom stereocenters. The highest BCUT2D eigenvalue weighted by Gasteiger charge is 2.30. The topological polar surface area (TPSA) is 88.3 Å². The quantitative estimate of drug-likeness (QED) is 0.349. The minimum atomic E-state index is -1.24. The molecule has 0 spiro atoms. The lowest BCUT2D eigenvalue weighted by atomic mass is 10.1. The number of hydrogen-bond donors (Lipinski definition) is 1. The van der Waals surface area contributed by atoms with Gasteiger partial charge in [0.2, 0.25) is 0 Å². The summed E-state index contributed by atoms with van der Waals surface area (Å²) in [7, 11) is 0. The van der Waals surface area contributed by atoms with Gasteiger partial charge in [-0.1, -0.05) is 30.1 Å². The minimum Gasteiger partial charge on any atom is -0.478 e. The van der Waals surface area contributed by atoms with Crippen molar-refractivity contribution >= 4 is 51.9 Å². The van der Waals surface area contributed by atoms with Gasteiger partial charge in [-0.15, -0.1) is 0 Å². The summed E-state index contributed by atoms with van der Waals surface area (Å²) in [4.78, 5) is 36.5. The number of hydrogen-bond acceptors (Lipinski definition) is 4. The number of rotatable bonds is 4. The Morgan fingerprint density at radius 1 is 1.00 bits per heavy atom. The van der Waals surface area contributed by atoms with Gasteiger partial charge in [0.05, 0.1) is 21.2 Å². The number of imidazole rings is 1. The molecule has 7 nitrogen and oxygen atoms in total. The van der Waals surface area contributed by atoms with Crippen LogP contribution in [-0.4, -0.2) is 38.1 Å². The van der Waals surface area contributed by atoms with Gasteiger partial charge in [-0.25, -0.2) is 14.8 Å². The fraction of sp³-hybridized carbons (Fsp3) is 0.259. The number of aryl methyl sites for hydroxylation is 3. The summed E-state index contributed by atoms with van der Waals surface area (Å²) in [6, 6.07) is 8.44. The van der Waals surface area contributed by atoms with Crippen molar-refractivity contribution in [1.29, 1.82) is 0 Å². The highest BCUT2D eigenvalue weighted by Crippen LogP contribution is 2.35. The number of carboxylic acids is 1. The smallest absolute Gasteiger partial charge is 0.336 e. The highest BCUT2D eigenvalue weighted by atomic mass is 35.5. The van der Waals surface area contributed by atoms with E-state index >= 15 is 0 Å². The molecule has 0 atom stereocenters. The molecule has 1 N–H and O–H groups in total. The lowest BCUT2D eigenvalue weighted by Crippen LogP contribution is -2.30. The van der Waals surface area contributed by atoms with E-state index in [2.05, 4.69) is 31.4 Å². The summed E-state index contributed by atoms with van der Waals surface area (Å²) < 4.78 is 2.08. The van der Waals surface area contributed by atoms with Gasteiger partial charge in [-0.3, -0.25) is 9.36 Å². The molecule has 9 heteroatoms. The second kappa shape index (κ2) is 8.91. The molecule has 3 heterocycles. The molecule has 1 amide bonds. The predicted octanol–water partition coefficient (Wildman–Crippen LogP) is 6.12. The molecular weight excluding hydrogens is 499 g/mol. The summed E-state index contributed by atoms with van der Waals surface area (Å²) >= 11 is 12.1. The number of carboxylic acid groups (broad SMARTS) is 1. The van der Waals surface area contributed by atoms with Gasteiger partial charge in [0.15, 0.2) is 5.65 Å². The number of pyridine rings is 1. The van der Waals surface area contributed by atoms with Gasteiger partial charge >= 0.3 is 5.97 Å². The number of fused-ring (bicyclic) bond motifs is 2. The molecule has 2 aromatic carbocycles. The second-order valence-corrected chi connectivity index (χ2v) is 9.79. The summed E-state index contributed by atoms with van der Waals surface area (Å²) in [5, 5.41) is 9.84. The number of anilines is 1. The normalized spacial score (nSPS) is 12.9. The summed E-state index contributed by atoms with van der Waals surface area (Å²) in [5.74, 6) is -0.749. The number of carbonyl (C=O) groups excluding carboxylic acids is 1. The lowest BCUT2D eigenvalue weighted by molar-refractivity contribution is 0.0692. The van der Waals surface area contributed by atoms with E-state index in [0.29, 0.717) is 13.0 Å². The Morgan fingerprint density at radius 2 is 1.69 bits per heavy atom. The molecular formula is C27H24Cl2N4O3. The molecule has 0 saturated carbocycles. The Morgan fingerprint density at radius 3 is 2.36 bits per heavy atom. The van der Waals surface area contributed by atoms with Crippen LogP contribution in [0.15, 0.2) is 30.3 Å². The number of halogens is 2. The summed E-state index contributed by atoms with van der Waals surface area (Å²) in [5.41, 5.74) is 7.44. The van der Waals surface area contributed by atoms with E-state index in [9.17, 15) is 14.7 Å². The van der Waals surface area contributed by atoms with E-state index in [1.807, 2.05) is 19.1 Å². The van der Waals surface area contributed by atoms with Crippen molar-refractivity contribution in [3.8, 4) is 5.69 Å². The first-order valence-corrected chi connectivity index (χ1v) is 12.4. The molecule has 0 fully saturated rings. The van der Waals surface area contributed by atoms with Crippen molar-refractivity contribution in [2.75, 3.05) is 11.4 Å². The average Bonchev–Trinajstić information content (AvgIpc) is 3.44. The maximum atomic E-state index is 13.4. The van der Waals surface area contributed by atoms with Gasteiger partial charge in [-0.05, 0) is 74.2 Å². The number of carbonyl (C=O) groups is 2. The Hall–Kier alpha value is -3.42. The number of aromatic carboxylic acids is 1. The standard InChI is InChI=1S/C27H24Cl2N4O3/c1-5-23-31-24-14(3)13(2)15(4)30-25(24)33(23)17-6-7-22-16(10-17)8-9-32(22)26(34)18-11-20(28)21(29)12-19(18)27(35)36/h6-7,10-12H,5,8-9H2,1-4H3,(H,35,36). The monoisotopic (exact) mass is 522 g/mol. The Labute approximate surface area is 218 Å². The van der Waals surface area contributed by atoms with Gasteiger partial charge < -0.3 is 10.0 Å². The maximum Gasteiger partial charge on any atom is 0.336 e. The van der Waals surface area contributed by atoms with Crippen molar-refractivity contribution < 1.29 is 14.7 Å². The molecule has 2 aromatic heterocycles. The first kappa shape index (κ1) is 24.3. The first-order chi connectivity index (χ1) is 17.1. The van der Waals surface area contributed by atoms with Crippen LogP contribution in [0.5, 0.6) is 0 Å². The van der Waals surface area contributed by atoms with Gasteiger partial charge in [0.25, 0.3) is 5.91 Å². The number of amides is 1. The van der Waals surface area contributed by atoms with Crippen molar-refractivity contribution in [3.63, 3.8) is 0 Å². The zero-order valence-corrected chi connectivity index (χ0v) is 21.8. The van der Waals surface area contributed by atoms with E-state index in [1.165, 1.54) is 12.1 Å². The third kappa shape index (κ3) is 3.74. The Kier molecular flexibility index (Phi) is 6.01. The van der Waals surface area contributed by atoms with Crippen molar-refractivity contribution in [3.05, 3.63) is 79.7 Å². The number of aromatic nitrogens is 3. The number of benzene rings is 2. The summed E-state index contributed by atoms with van der Waals surface area (Å²) in [6.45, 7) is 8.64. The highest BCUT2D eigenvalue weighted by molar-refractivity contribution is 6.42. The zero-order chi connectivity index (χ0) is 25.9. The molecule has 0 bridgehead atoms. The first-order valence-electron chi connectivity index (χ1n) is 11.6. The Balaban J connectivity index is 1.59. The van der Waals surface area contributed by atoms with Crippen molar-refractivity contribution in [1.82, 2.24) is 14.5 Å². The molecule has 5 rings (SSSR count). The molecule has 0 saturated heterocycles. The minimum absolute atomic E-state index is 0.00761. The summed E-state index contributed by atoms with van der Waals surface area (Å²) in [6.07, 6.45) is 1.38. The predicted molar refractivity (Wildman–Crippen MR) is 141 cm³/mol. The third-order valence-electron chi connectivity index (χ3n) is 6.96. The van der Waals surface area contributed by atoms with E-state index in [-0.39, 0.29) is 21.2 Å². The van der Waals surface area contributed by atoms with Gasteiger partial charge in [0.1, 0.15) is 11.3 Å². The van der Waals surface area contributed by atoms with Crippen LogP contribution in [0, 0.1) is 20.8 Å². The second-order valence-electron chi connectivity index (χ2n) is 8.97. The van der Waals surface area contributed by atoms with Crippen LogP contribution in [0.2, 0.25) is 10.0 Å². The maximum absolute atomic E-state index is 13.4. The van der Waals surface area contributed by atoms with Crippen LogP contribution < -0.4 is 4.90 Å². The number of nitrogens with zero attached hydrogens (tertiary/aromatic N) is 4. The molecule has 1 aliphatic heterocycles. The van der Waals surface area contributed by atoms with Crippen molar-refractivity contribution in [2.24, 2.45) is 0 Å². The van der Waals surface area contributed by atoms with Crippen LogP contribution in [0.25, 0.3) is 16.9 Å². The van der Waals surface area contributed by atoms with Gasteiger partial charge in [0, 0.05) is 30.0 Å². The van der Waals surface area contributed by atoms with E-state index in [1.54, 1.807) is 4.90 Å². The zero-order valence-electron chi connectivity index (χ0n) is 20.3.